The second-order valence-electron chi connectivity index (χ2n) is 9.58. The zero-order chi connectivity index (χ0) is 23.0. The Morgan fingerprint density at radius 1 is 1.38 bits per heavy atom. The van der Waals surface area contributed by atoms with E-state index in [0.717, 1.165) is 6.42 Å². The maximum absolute atomic E-state index is 13.0. The Kier molecular flexibility index (Phi) is 6.60. The van der Waals surface area contributed by atoms with Crippen molar-refractivity contribution in [2.75, 3.05) is 11.9 Å². The normalized spacial score (nSPS) is 32.8. The number of halogens is 3. The van der Waals surface area contributed by atoms with E-state index in [2.05, 4.69) is 21.7 Å². The van der Waals surface area contributed by atoms with Crippen molar-refractivity contribution in [3.05, 3.63) is 23.4 Å². The molecular weight excluding hydrogens is 438 g/mol. The predicted molar refractivity (Wildman–Crippen MR) is 117 cm³/mol. The van der Waals surface area contributed by atoms with Crippen molar-refractivity contribution in [1.29, 1.82) is 5.26 Å². The number of aryl methyl sites for hydroxylation is 1. The lowest BCUT2D eigenvalue weighted by Gasteiger charge is -2.45. The summed E-state index contributed by atoms with van der Waals surface area (Å²) in [6.45, 7) is 4.04. The van der Waals surface area contributed by atoms with E-state index in [1.54, 1.807) is 19.1 Å². The van der Waals surface area contributed by atoms with Crippen molar-refractivity contribution in [2.45, 2.75) is 75.4 Å². The van der Waals surface area contributed by atoms with Gasteiger partial charge in [0.25, 0.3) is 0 Å². The van der Waals surface area contributed by atoms with Crippen LogP contribution in [0.15, 0.2) is 12.1 Å². The van der Waals surface area contributed by atoms with Gasteiger partial charge in [-0.05, 0) is 57.1 Å². The molecule has 174 valence electrons. The van der Waals surface area contributed by atoms with E-state index >= 15 is 0 Å². The summed E-state index contributed by atoms with van der Waals surface area (Å²) in [4.78, 5) is 17.3. The number of nitrogens with one attached hydrogen (secondary N) is 2. The monoisotopic (exact) mass is 466 g/mol. The second kappa shape index (κ2) is 9.11. The van der Waals surface area contributed by atoms with Gasteiger partial charge >= 0.3 is 0 Å². The molecule has 4 rings (SSSR count). The third-order valence-electron chi connectivity index (χ3n) is 7.11. The molecule has 0 spiro atoms. The number of ether oxygens (including phenoxy) is 1. The molecule has 6 atom stereocenters. The Hall–Kier alpha value is -1.98. The van der Waals surface area contributed by atoms with Gasteiger partial charge in [0.15, 0.2) is 0 Å². The number of pyridine rings is 1. The molecule has 9 heteroatoms. The van der Waals surface area contributed by atoms with Crippen LogP contribution in [0.2, 0.25) is 0 Å². The van der Waals surface area contributed by atoms with Gasteiger partial charge in [0.2, 0.25) is 11.8 Å². The van der Waals surface area contributed by atoms with E-state index in [4.69, 9.17) is 21.6 Å². The third kappa shape index (κ3) is 4.99. The molecule has 0 aromatic carbocycles. The Labute approximate surface area is 192 Å². The number of anilines is 1. The van der Waals surface area contributed by atoms with Gasteiger partial charge in [0.05, 0.1) is 35.3 Å². The Morgan fingerprint density at radius 3 is 2.78 bits per heavy atom. The maximum atomic E-state index is 13.0. The number of rotatable bonds is 6. The molecule has 6 nitrogen and oxygen atoms in total. The molecule has 2 saturated carbocycles. The standard InChI is InChI=1S/C23H29ClF2N4O2/c1-12-15(10-27)3-4-21(28-12)29-13(2)17-5-16-6-18(24)20(7-19(16)30-22(17)31)32-11-14-8-23(25,26)9-14/h3-4,13-14,16-20H,5-9,11H2,1-2H3,(H,28,29)(H,30,31). The SMILES string of the molecule is Cc1nc(NC(C)C2CC3CC(Cl)C(OCC4CC(F)(F)C4)CC3NC2=O)ccc1C#N. The van der Waals surface area contributed by atoms with Crippen molar-refractivity contribution in [3.63, 3.8) is 0 Å². The zero-order valence-corrected chi connectivity index (χ0v) is 19.0. The first-order chi connectivity index (χ1) is 15.1. The van der Waals surface area contributed by atoms with Crippen molar-refractivity contribution < 1.29 is 18.3 Å². The van der Waals surface area contributed by atoms with Gasteiger partial charge < -0.3 is 15.4 Å². The molecule has 2 aliphatic carbocycles. The number of carbonyl (C=O) groups is 1. The van der Waals surface area contributed by atoms with Gasteiger partial charge in [-0.1, -0.05) is 0 Å². The summed E-state index contributed by atoms with van der Waals surface area (Å²) < 4.78 is 32.0. The highest BCUT2D eigenvalue weighted by atomic mass is 35.5. The fraction of sp³-hybridized carbons (Fsp3) is 0.696. The van der Waals surface area contributed by atoms with Crippen LogP contribution in [0.5, 0.6) is 0 Å². The van der Waals surface area contributed by atoms with Crippen LogP contribution in [0.1, 0.15) is 50.3 Å². The molecule has 6 unspecified atom stereocenters. The maximum Gasteiger partial charge on any atom is 0.248 e. The van der Waals surface area contributed by atoms with Crippen molar-refractivity contribution >= 4 is 23.3 Å². The Morgan fingerprint density at radius 2 is 2.12 bits per heavy atom. The number of piperidine rings is 1. The number of alkyl halides is 3. The molecule has 1 aliphatic heterocycles. The first-order valence-electron chi connectivity index (χ1n) is 11.2. The zero-order valence-electron chi connectivity index (χ0n) is 18.3. The largest absolute Gasteiger partial charge is 0.376 e. The molecule has 1 aromatic heterocycles. The number of nitriles is 1. The van der Waals surface area contributed by atoms with Gasteiger partial charge in [-0.15, -0.1) is 11.6 Å². The number of aromatic nitrogens is 1. The number of hydrogen-bond acceptors (Lipinski definition) is 5. The number of amides is 1. The summed E-state index contributed by atoms with van der Waals surface area (Å²) in [5.41, 5.74) is 1.17. The number of fused-ring (bicyclic) bond motifs is 1. The van der Waals surface area contributed by atoms with Crippen LogP contribution in [0.25, 0.3) is 0 Å². The second-order valence-corrected chi connectivity index (χ2v) is 10.1. The average Bonchev–Trinajstić information content (AvgIpc) is 2.70. The number of nitrogens with zero attached hydrogens (tertiary/aromatic N) is 2. The van der Waals surface area contributed by atoms with Crippen molar-refractivity contribution in [2.24, 2.45) is 17.8 Å². The molecule has 1 aromatic rings. The highest BCUT2D eigenvalue weighted by molar-refractivity contribution is 6.21. The smallest absolute Gasteiger partial charge is 0.248 e. The minimum Gasteiger partial charge on any atom is -0.376 e. The van der Waals surface area contributed by atoms with Crippen LogP contribution in [0.4, 0.5) is 14.6 Å². The molecule has 0 radical (unpaired) electrons. The van der Waals surface area contributed by atoms with Gasteiger partial charge in [0, 0.05) is 24.9 Å². The highest BCUT2D eigenvalue weighted by Crippen LogP contribution is 2.43. The van der Waals surface area contributed by atoms with E-state index in [1.165, 1.54) is 0 Å². The minimum absolute atomic E-state index is 0.0101. The van der Waals surface area contributed by atoms with Gasteiger partial charge in [-0.3, -0.25) is 4.79 Å². The number of hydrogen-bond donors (Lipinski definition) is 2. The summed E-state index contributed by atoms with van der Waals surface area (Å²) in [5, 5.41) is 15.3. The van der Waals surface area contributed by atoms with Crippen LogP contribution in [-0.2, 0) is 9.53 Å². The summed E-state index contributed by atoms with van der Waals surface area (Å²) >= 11 is 6.60. The van der Waals surface area contributed by atoms with Crippen LogP contribution < -0.4 is 10.6 Å². The Bertz CT molecular complexity index is 900. The topological polar surface area (TPSA) is 87.0 Å². The van der Waals surface area contributed by atoms with Crippen LogP contribution in [0.3, 0.4) is 0 Å². The molecule has 1 amide bonds. The summed E-state index contributed by atoms with van der Waals surface area (Å²) in [5.74, 6) is -2.02. The first kappa shape index (κ1) is 23.2. The predicted octanol–water partition coefficient (Wildman–Crippen LogP) is 4.01. The van der Waals surface area contributed by atoms with E-state index < -0.39 is 5.92 Å². The molecule has 1 saturated heterocycles. The van der Waals surface area contributed by atoms with Crippen LogP contribution >= 0.6 is 11.6 Å². The van der Waals surface area contributed by atoms with Crippen molar-refractivity contribution in [3.8, 4) is 6.07 Å². The van der Waals surface area contributed by atoms with Gasteiger partial charge in [-0.2, -0.15) is 5.26 Å². The quantitative estimate of drug-likeness (QED) is 0.618. The fourth-order valence-electron chi connectivity index (χ4n) is 5.22. The molecule has 0 bridgehead atoms. The molecule has 2 heterocycles. The van der Waals surface area contributed by atoms with E-state index in [0.29, 0.717) is 36.5 Å². The molecule has 3 aliphatic rings. The third-order valence-corrected chi connectivity index (χ3v) is 7.57. The Balaban J connectivity index is 1.31. The lowest BCUT2D eigenvalue weighted by Crippen LogP contribution is -2.57. The van der Waals surface area contributed by atoms with E-state index in [1.807, 2.05) is 6.92 Å². The molecule has 32 heavy (non-hydrogen) atoms. The van der Waals surface area contributed by atoms with Crippen LogP contribution in [0, 0.1) is 36.0 Å². The molecule has 3 fully saturated rings. The lowest BCUT2D eigenvalue weighted by molar-refractivity contribution is -0.142. The summed E-state index contributed by atoms with van der Waals surface area (Å²) in [6.07, 6.45) is 1.58. The van der Waals surface area contributed by atoms with Crippen LogP contribution in [-0.4, -0.2) is 47.0 Å². The van der Waals surface area contributed by atoms with Gasteiger partial charge in [-0.25, -0.2) is 13.8 Å². The average molecular weight is 467 g/mol. The molecular formula is C23H29ClF2N4O2. The van der Waals surface area contributed by atoms with E-state index in [9.17, 15) is 13.6 Å². The first-order valence-corrected chi connectivity index (χ1v) is 11.7. The number of carbonyl (C=O) groups excluding carboxylic acids is 1. The highest BCUT2D eigenvalue weighted by Gasteiger charge is 2.47. The fourth-order valence-corrected chi connectivity index (χ4v) is 5.62. The molecule has 2 N–H and O–H groups in total. The van der Waals surface area contributed by atoms with E-state index in [-0.39, 0.29) is 60.1 Å². The van der Waals surface area contributed by atoms with Gasteiger partial charge in [0.1, 0.15) is 11.9 Å². The summed E-state index contributed by atoms with van der Waals surface area (Å²) in [6, 6.07) is 5.42. The summed E-state index contributed by atoms with van der Waals surface area (Å²) in [7, 11) is 0. The minimum atomic E-state index is -2.55. The van der Waals surface area contributed by atoms with Crippen molar-refractivity contribution in [1.82, 2.24) is 10.3 Å². The lowest BCUT2D eigenvalue weighted by atomic mass is 9.73.